The van der Waals surface area contributed by atoms with Gasteiger partial charge in [-0.15, -0.1) is 0 Å². The molecular formula is C19H18ClN9O. The summed E-state index contributed by atoms with van der Waals surface area (Å²) in [7, 11) is 0. The van der Waals surface area contributed by atoms with Crippen LogP contribution in [0.25, 0.3) is 10.9 Å². The third kappa shape index (κ3) is 3.95. The molecule has 0 saturated carbocycles. The lowest BCUT2D eigenvalue weighted by atomic mass is 10.2. The maximum atomic E-state index is 13.2. The summed E-state index contributed by atoms with van der Waals surface area (Å²) >= 11 is 6.23. The van der Waals surface area contributed by atoms with E-state index in [1.54, 1.807) is 25.1 Å². The predicted molar refractivity (Wildman–Crippen MR) is 113 cm³/mol. The fraction of sp³-hybridized carbons (Fsp3) is 0.263. The number of nitrogens with two attached hydrogens (primary N) is 2. The standard InChI is InChI=1S/C19H18ClN9O/c1-10(25-16-11(9-22)15(23)27-19(24)28-16)17-26-13-6-4-5-12(20)14(13)18(30)29(17)8-3-2-7-21/h4-6,10H,2-3,8H2,1H3,(H5,23,24,25,27,28)/t10-/m0/s1. The normalized spacial score (nSPS) is 11.6. The second kappa shape index (κ2) is 8.64. The third-order valence-electron chi connectivity index (χ3n) is 4.44. The van der Waals surface area contributed by atoms with Crippen molar-refractivity contribution in [3.05, 3.63) is 45.0 Å². The molecular weight excluding hydrogens is 406 g/mol. The van der Waals surface area contributed by atoms with Crippen LogP contribution in [-0.4, -0.2) is 19.5 Å². The van der Waals surface area contributed by atoms with Crippen molar-refractivity contribution in [3.63, 3.8) is 0 Å². The topological polar surface area (TPSA) is 172 Å². The monoisotopic (exact) mass is 423 g/mol. The highest BCUT2D eigenvalue weighted by atomic mass is 35.5. The first-order valence-corrected chi connectivity index (χ1v) is 9.40. The van der Waals surface area contributed by atoms with Crippen molar-refractivity contribution in [2.75, 3.05) is 16.8 Å². The van der Waals surface area contributed by atoms with Gasteiger partial charge in [-0.3, -0.25) is 9.36 Å². The number of fused-ring (bicyclic) bond motifs is 1. The summed E-state index contributed by atoms with van der Waals surface area (Å²) in [5.41, 5.74) is 11.6. The van der Waals surface area contributed by atoms with Crippen LogP contribution in [0.2, 0.25) is 5.02 Å². The summed E-state index contributed by atoms with van der Waals surface area (Å²) in [5.74, 6) is 0.390. The predicted octanol–water partition coefficient (Wildman–Crippen LogP) is 2.35. The molecule has 11 heteroatoms. The van der Waals surface area contributed by atoms with Crippen LogP contribution in [0.4, 0.5) is 17.6 Å². The van der Waals surface area contributed by atoms with E-state index in [1.807, 2.05) is 6.07 Å². The Morgan fingerprint density at radius 1 is 1.27 bits per heavy atom. The van der Waals surface area contributed by atoms with Crippen LogP contribution < -0.4 is 22.3 Å². The Balaban J connectivity index is 2.13. The molecule has 0 saturated heterocycles. The minimum Gasteiger partial charge on any atom is -0.382 e. The van der Waals surface area contributed by atoms with E-state index in [2.05, 4.69) is 26.3 Å². The molecule has 1 aromatic carbocycles. The van der Waals surface area contributed by atoms with Crippen LogP contribution >= 0.6 is 11.6 Å². The average molecular weight is 424 g/mol. The molecule has 2 heterocycles. The molecule has 1 atom stereocenters. The molecule has 0 radical (unpaired) electrons. The van der Waals surface area contributed by atoms with E-state index < -0.39 is 6.04 Å². The summed E-state index contributed by atoms with van der Waals surface area (Å²) in [4.78, 5) is 25.6. The van der Waals surface area contributed by atoms with Crippen LogP contribution in [0.15, 0.2) is 23.0 Å². The van der Waals surface area contributed by atoms with Gasteiger partial charge in [0.25, 0.3) is 5.56 Å². The first-order chi connectivity index (χ1) is 14.4. The van der Waals surface area contributed by atoms with Gasteiger partial charge < -0.3 is 16.8 Å². The molecule has 0 amide bonds. The van der Waals surface area contributed by atoms with Gasteiger partial charge in [0.15, 0.2) is 5.82 Å². The van der Waals surface area contributed by atoms with Crippen molar-refractivity contribution in [3.8, 4) is 12.1 Å². The Morgan fingerprint density at radius 3 is 2.73 bits per heavy atom. The molecule has 0 aliphatic rings. The van der Waals surface area contributed by atoms with Crippen molar-refractivity contribution >= 4 is 40.1 Å². The molecule has 0 spiro atoms. The third-order valence-corrected chi connectivity index (χ3v) is 4.75. The van der Waals surface area contributed by atoms with Crippen LogP contribution in [0.1, 0.15) is 37.2 Å². The fourth-order valence-corrected chi connectivity index (χ4v) is 3.33. The van der Waals surface area contributed by atoms with Gasteiger partial charge in [-0.05, 0) is 25.5 Å². The number of hydrogen-bond acceptors (Lipinski definition) is 9. The number of aromatic nitrogens is 4. The van der Waals surface area contributed by atoms with Crippen molar-refractivity contribution in [2.45, 2.75) is 32.4 Å². The summed E-state index contributed by atoms with van der Waals surface area (Å²) in [6.45, 7) is 2.04. The first kappa shape index (κ1) is 20.8. The van der Waals surface area contributed by atoms with Crippen LogP contribution in [0.5, 0.6) is 0 Å². The molecule has 0 aliphatic carbocycles. The van der Waals surface area contributed by atoms with Gasteiger partial charge in [-0.1, -0.05) is 17.7 Å². The average Bonchev–Trinajstić information content (AvgIpc) is 2.69. The van der Waals surface area contributed by atoms with E-state index >= 15 is 0 Å². The summed E-state index contributed by atoms with van der Waals surface area (Å²) in [6, 6.07) is 8.48. The molecule has 152 valence electrons. The number of nitrogens with zero attached hydrogens (tertiary/aromatic N) is 6. The van der Waals surface area contributed by atoms with Crippen LogP contribution in [-0.2, 0) is 6.54 Å². The Kier molecular flexibility index (Phi) is 6.00. The van der Waals surface area contributed by atoms with Crippen molar-refractivity contribution < 1.29 is 0 Å². The lowest BCUT2D eigenvalue weighted by Crippen LogP contribution is -2.29. The van der Waals surface area contributed by atoms with Gasteiger partial charge in [0.2, 0.25) is 5.95 Å². The highest BCUT2D eigenvalue weighted by molar-refractivity contribution is 6.35. The number of rotatable bonds is 6. The van der Waals surface area contributed by atoms with Gasteiger partial charge >= 0.3 is 0 Å². The molecule has 5 N–H and O–H groups in total. The second-order valence-electron chi connectivity index (χ2n) is 6.49. The number of unbranched alkanes of at least 4 members (excludes halogenated alkanes) is 1. The van der Waals surface area contributed by atoms with Crippen molar-refractivity contribution in [1.82, 2.24) is 19.5 Å². The van der Waals surface area contributed by atoms with Crippen LogP contribution in [0, 0.1) is 22.7 Å². The fourth-order valence-electron chi connectivity index (χ4n) is 3.08. The number of nitrogen functional groups attached to an aromatic ring is 2. The molecule has 3 aromatic rings. The van der Waals surface area contributed by atoms with Gasteiger partial charge in [0, 0.05) is 13.0 Å². The van der Waals surface area contributed by atoms with E-state index in [0.717, 1.165) is 0 Å². The van der Waals surface area contributed by atoms with E-state index in [4.69, 9.17) is 28.3 Å². The maximum absolute atomic E-state index is 13.2. The molecule has 0 unspecified atom stereocenters. The van der Waals surface area contributed by atoms with E-state index in [-0.39, 0.29) is 41.7 Å². The molecule has 3 rings (SSSR count). The smallest absolute Gasteiger partial charge is 0.262 e. The largest absolute Gasteiger partial charge is 0.382 e. The zero-order valence-electron chi connectivity index (χ0n) is 16.1. The van der Waals surface area contributed by atoms with Crippen molar-refractivity contribution in [2.24, 2.45) is 0 Å². The lowest BCUT2D eigenvalue weighted by molar-refractivity contribution is 0.570. The molecule has 0 fully saturated rings. The number of benzene rings is 1. The summed E-state index contributed by atoms with van der Waals surface area (Å²) < 4.78 is 1.48. The Hall–Kier alpha value is -3.89. The van der Waals surface area contributed by atoms with Crippen molar-refractivity contribution in [1.29, 1.82) is 10.5 Å². The molecule has 30 heavy (non-hydrogen) atoms. The van der Waals surface area contributed by atoms with E-state index in [9.17, 15) is 10.1 Å². The quantitative estimate of drug-likeness (QED) is 0.502. The van der Waals surface area contributed by atoms with Gasteiger partial charge in [0.1, 0.15) is 23.3 Å². The Labute approximate surface area is 176 Å². The molecule has 10 nitrogen and oxygen atoms in total. The SMILES string of the molecule is C[C@H](Nc1nc(N)nc(N)c1C#N)c1nc2cccc(Cl)c2c(=O)n1CCCC#N. The highest BCUT2D eigenvalue weighted by Gasteiger charge is 2.20. The Morgan fingerprint density at radius 2 is 2.03 bits per heavy atom. The minimum absolute atomic E-state index is 0.0401. The van der Waals surface area contributed by atoms with E-state index in [0.29, 0.717) is 28.2 Å². The number of halogens is 1. The number of anilines is 3. The van der Waals surface area contributed by atoms with Crippen LogP contribution in [0.3, 0.4) is 0 Å². The summed E-state index contributed by atoms with van der Waals surface area (Å²) in [5, 5.41) is 21.9. The molecule has 0 bridgehead atoms. The zero-order chi connectivity index (χ0) is 21.8. The minimum atomic E-state index is -0.552. The lowest BCUT2D eigenvalue weighted by Gasteiger charge is -2.20. The highest BCUT2D eigenvalue weighted by Crippen LogP contribution is 2.25. The van der Waals surface area contributed by atoms with Gasteiger partial charge in [0.05, 0.1) is 28.0 Å². The molecule has 2 aromatic heterocycles. The molecule has 0 aliphatic heterocycles. The number of nitrogens with one attached hydrogen (secondary N) is 1. The zero-order valence-corrected chi connectivity index (χ0v) is 16.8. The van der Waals surface area contributed by atoms with Gasteiger partial charge in [-0.2, -0.15) is 20.5 Å². The van der Waals surface area contributed by atoms with E-state index in [1.165, 1.54) is 4.57 Å². The number of hydrogen-bond donors (Lipinski definition) is 3. The summed E-state index contributed by atoms with van der Waals surface area (Å²) in [6.07, 6.45) is 0.746. The maximum Gasteiger partial charge on any atom is 0.262 e. The number of nitriles is 2. The second-order valence-corrected chi connectivity index (χ2v) is 6.90. The Bertz CT molecular complexity index is 1260. The van der Waals surface area contributed by atoms with Gasteiger partial charge in [-0.25, -0.2) is 4.98 Å². The first-order valence-electron chi connectivity index (χ1n) is 9.03.